The van der Waals surface area contributed by atoms with Gasteiger partial charge >= 0.3 is 0 Å². The Morgan fingerprint density at radius 3 is 2.66 bits per heavy atom. The second-order valence-corrected chi connectivity index (χ2v) is 7.83. The van der Waals surface area contributed by atoms with Crippen LogP contribution in [0.15, 0.2) is 48.8 Å². The van der Waals surface area contributed by atoms with Crippen LogP contribution in [0.25, 0.3) is 0 Å². The Balaban J connectivity index is 1.54. The van der Waals surface area contributed by atoms with E-state index in [-0.39, 0.29) is 23.9 Å². The van der Waals surface area contributed by atoms with E-state index in [1.54, 1.807) is 36.2 Å². The number of carbonyl (C=O) groups excluding carboxylic acids is 2. The Kier molecular flexibility index (Phi) is 5.24. The molecule has 1 aromatic carbocycles. The van der Waals surface area contributed by atoms with Gasteiger partial charge in [0.1, 0.15) is 12.3 Å². The highest BCUT2D eigenvalue weighted by Gasteiger charge is 2.50. The van der Waals surface area contributed by atoms with Crippen molar-refractivity contribution < 1.29 is 14.3 Å². The number of likely N-dealkylation sites (tertiary alicyclic amines) is 1. The van der Waals surface area contributed by atoms with Crippen LogP contribution < -0.4 is 9.64 Å². The summed E-state index contributed by atoms with van der Waals surface area (Å²) in [5.41, 5.74) is 1.61. The second-order valence-electron chi connectivity index (χ2n) is 7.83. The smallest absolute Gasteiger partial charge is 0.246 e. The number of nitrogens with zero attached hydrogens (tertiary/aromatic N) is 4. The second kappa shape index (κ2) is 7.83. The van der Waals surface area contributed by atoms with Crippen molar-refractivity contribution >= 4 is 17.5 Å². The predicted octanol–water partition coefficient (Wildman–Crippen LogP) is 1.93. The Morgan fingerprint density at radius 2 is 2.00 bits per heavy atom. The summed E-state index contributed by atoms with van der Waals surface area (Å²) in [5.74, 6) is 0.732. The van der Waals surface area contributed by atoms with Gasteiger partial charge in [0.2, 0.25) is 11.8 Å². The lowest BCUT2D eigenvalue weighted by atomic mass is 9.91. The Morgan fingerprint density at radius 1 is 1.21 bits per heavy atom. The molecule has 2 amide bonds. The summed E-state index contributed by atoms with van der Waals surface area (Å²) in [6.45, 7) is 4.59. The fourth-order valence-electron chi connectivity index (χ4n) is 4.46. The molecule has 0 aliphatic carbocycles. The number of rotatable bonds is 4. The highest BCUT2D eigenvalue weighted by atomic mass is 16.5. The van der Waals surface area contributed by atoms with Crippen LogP contribution in [0.1, 0.15) is 18.9 Å². The summed E-state index contributed by atoms with van der Waals surface area (Å²) in [6, 6.07) is 11.8. The summed E-state index contributed by atoms with van der Waals surface area (Å²) in [6.07, 6.45) is 4.24. The molecule has 1 spiro atoms. The van der Waals surface area contributed by atoms with Crippen LogP contribution in [0.2, 0.25) is 0 Å². The largest absolute Gasteiger partial charge is 0.497 e. The molecule has 0 bridgehead atoms. The molecule has 2 fully saturated rings. The molecular weight excluding hydrogens is 368 g/mol. The third-order valence-electron chi connectivity index (χ3n) is 5.93. The lowest BCUT2D eigenvalue weighted by Gasteiger charge is -2.48. The SMILES string of the molecule is COc1ccc(CN2CC[C@@]3(C2)CN(c2cccnc2)C(=O)CN3C(C)=O)cc1. The molecule has 0 unspecified atom stereocenters. The first kappa shape index (κ1) is 19.4. The number of anilines is 1. The van der Waals surface area contributed by atoms with E-state index in [9.17, 15) is 9.59 Å². The van der Waals surface area contributed by atoms with Crippen molar-refractivity contribution in [3.05, 3.63) is 54.4 Å². The molecule has 0 saturated carbocycles. The topological polar surface area (TPSA) is 66.0 Å². The van der Waals surface area contributed by atoms with Crippen molar-refractivity contribution in [3.63, 3.8) is 0 Å². The Labute approximate surface area is 170 Å². The highest BCUT2D eigenvalue weighted by Crippen LogP contribution is 2.35. The number of benzene rings is 1. The van der Waals surface area contributed by atoms with E-state index in [0.717, 1.165) is 37.5 Å². The van der Waals surface area contributed by atoms with Crippen LogP contribution in [0.4, 0.5) is 5.69 Å². The van der Waals surface area contributed by atoms with E-state index < -0.39 is 0 Å². The van der Waals surface area contributed by atoms with Crippen molar-refractivity contribution in [2.24, 2.45) is 0 Å². The van der Waals surface area contributed by atoms with E-state index in [4.69, 9.17) is 4.74 Å². The van der Waals surface area contributed by atoms with Crippen LogP contribution in [0, 0.1) is 0 Å². The number of ether oxygens (including phenoxy) is 1. The molecule has 0 radical (unpaired) electrons. The molecule has 7 heteroatoms. The first-order chi connectivity index (χ1) is 14.0. The number of pyridine rings is 1. The number of hydrogen-bond acceptors (Lipinski definition) is 5. The molecule has 2 aliphatic heterocycles. The summed E-state index contributed by atoms with van der Waals surface area (Å²) >= 11 is 0. The molecule has 2 aliphatic rings. The molecule has 7 nitrogen and oxygen atoms in total. The molecule has 152 valence electrons. The summed E-state index contributed by atoms with van der Waals surface area (Å²) in [4.78, 5) is 35.2. The van der Waals surface area contributed by atoms with Crippen molar-refractivity contribution in [2.75, 3.05) is 38.2 Å². The van der Waals surface area contributed by atoms with Gasteiger partial charge in [-0.3, -0.25) is 19.5 Å². The predicted molar refractivity (Wildman–Crippen MR) is 110 cm³/mol. The van der Waals surface area contributed by atoms with E-state index in [1.807, 2.05) is 24.3 Å². The van der Waals surface area contributed by atoms with Gasteiger partial charge in [0.25, 0.3) is 0 Å². The lowest BCUT2D eigenvalue weighted by Crippen LogP contribution is -2.66. The first-order valence-corrected chi connectivity index (χ1v) is 9.85. The minimum Gasteiger partial charge on any atom is -0.497 e. The maximum atomic E-state index is 12.8. The van der Waals surface area contributed by atoms with Crippen molar-refractivity contribution in [1.82, 2.24) is 14.8 Å². The molecule has 0 N–H and O–H groups in total. The van der Waals surface area contributed by atoms with Gasteiger partial charge in [-0.15, -0.1) is 0 Å². The number of amides is 2. The number of aromatic nitrogens is 1. The Bertz CT molecular complexity index is 887. The fourth-order valence-corrected chi connectivity index (χ4v) is 4.46. The van der Waals surface area contributed by atoms with Gasteiger partial charge in [-0.1, -0.05) is 12.1 Å². The van der Waals surface area contributed by atoms with Crippen LogP contribution in [0.5, 0.6) is 5.75 Å². The van der Waals surface area contributed by atoms with Gasteiger partial charge in [0.15, 0.2) is 0 Å². The normalized spacial score (nSPS) is 22.3. The van der Waals surface area contributed by atoms with E-state index >= 15 is 0 Å². The molecule has 1 atom stereocenters. The quantitative estimate of drug-likeness (QED) is 0.793. The number of carbonyl (C=O) groups is 2. The van der Waals surface area contributed by atoms with Gasteiger partial charge < -0.3 is 14.5 Å². The Hall–Kier alpha value is -2.93. The van der Waals surface area contributed by atoms with Crippen LogP contribution in [-0.4, -0.2) is 65.4 Å². The molecule has 4 rings (SSSR count). The summed E-state index contributed by atoms with van der Waals surface area (Å²) in [5, 5.41) is 0. The van der Waals surface area contributed by atoms with Gasteiger partial charge in [-0.05, 0) is 36.2 Å². The lowest BCUT2D eigenvalue weighted by molar-refractivity contribution is -0.142. The van der Waals surface area contributed by atoms with Crippen LogP contribution in [0.3, 0.4) is 0 Å². The third-order valence-corrected chi connectivity index (χ3v) is 5.93. The highest BCUT2D eigenvalue weighted by molar-refractivity contribution is 5.98. The first-order valence-electron chi connectivity index (χ1n) is 9.85. The monoisotopic (exact) mass is 394 g/mol. The zero-order valence-corrected chi connectivity index (χ0v) is 16.9. The molecule has 2 aromatic rings. The third kappa shape index (κ3) is 3.82. The maximum absolute atomic E-state index is 12.8. The maximum Gasteiger partial charge on any atom is 0.246 e. The van der Waals surface area contributed by atoms with E-state index in [0.29, 0.717) is 6.54 Å². The zero-order chi connectivity index (χ0) is 20.4. The van der Waals surface area contributed by atoms with Crippen molar-refractivity contribution in [1.29, 1.82) is 0 Å². The number of piperazine rings is 1. The summed E-state index contributed by atoms with van der Waals surface area (Å²) < 4.78 is 5.23. The zero-order valence-electron chi connectivity index (χ0n) is 16.9. The standard InChI is InChI=1S/C22H26N4O3/c1-17(27)26-14-21(28)25(19-4-3-10-23-12-19)16-22(26)9-11-24(15-22)13-18-5-7-20(29-2)8-6-18/h3-8,10,12H,9,11,13-16H2,1-2H3/t22-/m1/s1. The van der Waals surface area contributed by atoms with Gasteiger partial charge in [0, 0.05) is 32.8 Å². The van der Waals surface area contributed by atoms with E-state index in [1.165, 1.54) is 5.56 Å². The molecular formula is C22H26N4O3. The number of methoxy groups -OCH3 is 1. The van der Waals surface area contributed by atoms with E-state index in [2.05, 4.69) is 22.0 Å². The van der Waals surface area contributed by atoms with Crippen LogP contribution >= 0.6 is 0 Å². The minimum atomic E-state index is -0.373. The molecule has 3 heterocycles. The molecule has 1 aromatic heterocycles. The van der Waals surface area contributed by atoms with Crippen molar-refractivity contribution in [2.45, 2.75) is 25.4 Å². The fraction of sp³-hybridized carbons (Fsp3) is 0.409. The summed E-state index contributed by atoms with van der Waals surface area (Å²) in [7, 11) is 1.66. The van der Waals surface area contributed by atoms with Crippen molar-refractivity contribution in [3.8, 4) is 5.75 Å². The minimum absolute atomic E-state index is 0.0458. The van der Waals surface area contributed by atoms with Crippen LogP contribution in [-0.2, 0) is 16.1 Å². The van der Waals surface area contributed by atoms with Gasteiger partial charge in [-0.2, -0.15) is 0 Å². The number of hydrogen-bond donors (Lipinski definition) is 0. The average molecular weight is 394 g/mol. The average Bonchev–Trinajstić information content (AvgIpc) is 3.13. The molecule has 29 heavy (non-hydrogen) atoms. The van der Waals surface area contributed by atoms with Gasteiger partial charge in [0.05, 0.1) is 31.1 Å². The molecule has 2 saturated heterocycles. The van der Waals surface area contributed by atoms with Gasteiger partial charge in [-0.25, -0.2) is 0 Å².